The lowest BCUT2D eigenvalue weighted by Gasteiger charge is -2.28. The van der Waals surface area contributed by atoms with Crippen molar-refractivity contribution in [1.29, 1.82) is 5.41 Å². The first-order valence-electron chi connectivity index (χ1n) is 4.49. The van der Waals surface area contributed by atoms with E-state index in [1.165, 1.54) is 0 Å². The van der Waals surface area contributed by atoms with Gasteiger partial charge < -0.3 is 15.3 Å². The Bertz CT molecular complexity index is 159. The third kappa shape index (κ3) is 2.91. The molecule has 12 heavy (non-hydrogen) atoms. The van der Waals surface area contributed by atoms with Crippen LogP contribution in [0.5, 0.6) is 0 Å². The number of hydrogen-bond acceptors (Lipinski definition) is 3. The Kier molecular flexibility index (Phi) is 3.69. The summed E-state index contributed by atoms with van der Waals surface area (Å²) < 4.78 is 5.32. The Morgan fingerprint density at radius 2 is 2.42 bits per heavy atom. The molecule has 2 atom stereocenters. The molecule has 3 heteroatoms. The summed E-state index contributed by atoms with van der Waals surface area (Å²) >= 11 is 0. The Hall–Kier alpha value is -0.410. The van der Waals surface area contributed by atoms with Crippen molar-refractivity contribution in [1.82, 2.24) is 0 Å². The van der Waals surface area contributed by atoms with E-state index in [9.17, 15) is 0 Å². The quantitative estimate of drug-likeness (QED) is 0.627. The van der Waals surface area contributed by atoms with E-state index in [-0.39, 0.29) is 12.7 Å². The van der Waals surface area contributed by atoms with Gasteiger partial charge in [0.2, 0.25) is 0 Å². The third-order valence-corrected chi connectivity index (χ3v) is 2.27. The second kappa shape index (κ2) is 4.58. The average Bonchev–Trinajstić information content (AvgIpc) is 2.03. The first kappa shape index (κ1) is 9.68. The molecule has 2 N–H and O–H groups in total. The summed E-state index contributed by atoms with van der Waals surface area (Å²) in [5.74, 6) is 0.549. The molecule has 0 aliphatic carbocycles. The van der Waals surface area contributed by atoms with E-state index in [0.29, 0.717) is 5.92 Å². The standard InChI is InChI=1S/C9H17NO2/c1-7(10)4-8-2-3-12-9(5-8)6-11/h8-11H,2-6H2,1H3. The number of hydrogen-bond donors (Lipinski definition) is 2. The molecule has 0 aromatic carbocycles. The Balaban J connectivity index is 2.30. The van der Waals surface area contributed by atoms with Crippen LogP contribution in [0, 0.1) is 11.3 Å². The second-order valence-corrected chi connectivity index (χ2v) is 3.55. The number of nitrogens with one attached hydrogen (secondary N) is 1. The van der Waals surface area contributed by atoms with Crippen molar-refractivity contribution in [2.75, 3.05) is 13.2 Å². The van der Waals surface area contributed by atoms with Crippen molar-refractivity contribution in [2.24, 2.45) is 5.92 Å². The molecule has 0 spiro atoms. The van der Waals surface area contributed by atoms with E-state index < -0.39 is 0 Å². The fourth-order valence-electron chi connectivity index (χ4n) is 1.70. The third-order valence-electron chi connectivity index (χ3n) is 2.27. The van der Waals surface area contributed by atoms with Crippen molar-refractivity contribution in [3.8, 4) is 0 Å². The molecule has 70 valence electrons. The first-order valence-corrected chi connectivity index (χ1v) is 4.49. The zero-order valence-corrected chi connectivity index (χ0v) is 7.55. The predicted molar refractivity (Wildman–Crippen MR) is 47.6 cm³/mol. The molecule has 1 aliphatic heterocycles. The van der Waals surface area contributed by atoms with E-state index in [0.717, 1.165) is 31.6 Å². The van der Waals surface area contributed by atoms with Crippen LogP contribution in [0.25, 0.3) is 0 Å². The normalized spacial score (nSPS) is 30.2. The summed E-state index contributed by atoms with van der Waals surface area (Å²) in [4.78, 5) is 0. The van der Waals surface area contributed by atoms with Gasteiger partial charge in [-0.05, 0) is 32.1 Å². The van der Waals surface area contributed by atoms with Crippen LogP contribution >= 0.6 is 0 Å². The summed E-state index contributed by atoms with van der Waals surface area (Å²) in [6.45, 7) is 2.69. The predicted octanol–water partition coefficient (Wildman–Crippen LogP) is 1.20. The molecule has 0 amide bonds. The second-order valence-electron chi connectivity index (χ2n) is 3.55. The molecular weight excluding hydrogens is 154 g/mol. The van der Waals surface area contributed by atoms with Gasteiger partial charge in [-0.15, -0.1) is 0 Å². The maximum Gasteiger partial charge on any atom is 0.0808 e. The molecular formula is C9H17NO2. The highest BCUT2D eigenvalue weighted by Crippen LogP contribution is 2.22. The van der Waals surface area contributed by atoms with Gasteiger partial charge in [-0.3, -0.25) is 0 Å². The van der Waals surface area contributed by atoms with Gasteiger partial charge >= 0.3 is 0 Å². The smallest absolute Gasteiger partial charge is 0.0808 e. The molecule has 1 saturated heterocycles. The maximum atomic E-state index is 8.86. The maximum absolute atomic E-state index is 8.86. The molecule has 0 radical (unpaired) electrons. The minimum Gasteiger partial charge on any atom is -0.394 e. The lowest BCUT2D eigenvalue weighted by Crippen LogP contribution is -2.29. The van der Waals surface area contributed by atoms with E-state index in [2.05, 4.69) is 0 Å². The van der Waals surface area contributed by atoms with Crippen LogP contribution < -0.4 is 0 Å². The summed E-state index contributed by atoms with van der Waals surface area (Å²) in [5, 5.41) is 16.2. The van der Waals surface area contributed by atoms with Gasteiger partial charge in [0.05, 0.1) is 12.7 Å². The summed E-state index contributed by atoms with van der Waals surface area (Å²) in [5.41, 5.74) is 0.735. The van der Waals surface area contributed by atoms with Gasteiger partial charge in [-0.1, -0.05) is 0 Å². The number of ether oxygens (including phenoxy) is 1. The topological polar surface area (TPSA) is 53.3 Å². The number of aliphatic hydroxyl groups excluding tert-OH is 1. The molecule has 0 bridgehead atoms. The molecule has 0 aromatic rings. The lowest BCUT2D eigenvalue weighted by atomic mass is 9.91. The highest BCUT2D eigenvalue weighted by Gasteiger charge is 2.21. The zero-order chi connectivity index (χ0) is 8.97. The highest BCUT2D eigenvalue weighted by atomic mass is 16.5. The summed E-state index contributed by atoms with van der Waals surface area (Å²) in [6.07, 6.45) is 2.82. The minimum atomic E-state index is 0.0168. The molecule has 1 heterocycles. The monoisotopic (exact) mass is 171 g/mol. The molecule has 3 nitrogen and oxygen atoms in total. The molecule has 0 saturated carbocycles. The van der Waals surface area contributed by atoms with Gasteiger partial charge in [-0.2, -0.15) is 0 Å². The minimum absolute atomic E-state index is 0.0168. The highest BCUT2D eigenvalue weighted by molar-refractivity contribution is 5.78. The molecule has 1 fully saturated rings. The van der Waals surface area contributed by atoms with Crippen molar-refractivity contribution in [2.45, 2.75) is 32.3 Å². The van der Waals surface area contributed by atoms with E-state index in [1.54, 1.807) is 0 Å². The van der Waals surface area contributed by atoms with Gasteiger partial charge in [0.25, 0.3) is 0 Å². The Labute approximate surface area is 73.2 Å². The first-order chi connectivity index (χ1) is 5.72. The fraction of sp³-hybridized carbons (Fsp3) is 0.889. The van der Waals surface area contributed by atoms with E-state index in [4.69, 9.17) is 15.3 Å². The molecule has 0 aromatic heterocycles. The average molecular weight is 171 g/mol. The van der Waals surface area contributed by atoms with Crippen molar-refractivity contribution in [3.63, 3.8) is 0 Å². The van der Waals surface area contributed by atoms with Crippen molar-refractivity contribution < 1.29 is 9.84 Å². The van der Waals surface area contributed by atoms with Gasteiger partial charge in [-0.25, -0.2) is 0 Å². The Morgan fingerprint density at radius 1 is 1.67 bits per heavy atom. The van der Waals surface area contributed by atoms with Gasteiger partial charge in [0, 0.05) is 12.3 Å². The number of aliphatic hydroxyl groups is 1. The molecule has 1 aliphatic rings. The van der Waals surface area contributed by atoms with Gasteiger partial charge in [0.1, 0.15) is 0 Å². The molecule has 1 rings (SSSR count). The Morgan fingerprint density at radius 3 is 3.00 bits per heavy atom. The summed E-state index contributed by atoms with van der Waals surface area (Å²) in [7, 11) is 0. The van der Waals surface area contributed by atoms with Gasteiger partial charge in [0.15, 0.2) is 0 Å². The van der Waals surface area contributed by atoms with E-state index >= 15 is 0 Å². The van der Waals surface area contributed by atoms with Crippen LogP contribution in [-0.2, 0) is 4.74 Å². The zero-order valence-electron chi connectivity index (χ0n) is 7.55. The van der Waals surface area contributed by atoms with Crippen LogP contribution in [-0.4, -0.2) is 30.1 Å². The SMILES string of the molecule is CC(=N)CC1CCOC(CO)C1. The lowest BCUT2D eigenvalue weighted by molar-refractivity contribution is -0.0363. The van der Waals surface area contributed by atoms with Crippen LogP contribution in [0.2, 0.25) is 0 Å². The molecule has 2 unspecified atom stereocenters. The van der Waals surface area contributed by atoms with Crippen molar-refractivity contribution in [3.05, 3.63) is 0 Å². The van der Waals surface area contributed by atoms with Crippen molar-refractivity contribution >= 4 is 5.71 Å². The fourth-order valence-corrected chi connectivity index (χ4v) is 1.70. The largest absolute Gasteiger partial charge is 0.394 e. The van der Waals surface area contributed by atoms with Crippen LogP contribution in [0.3, 0.4) is 0 Å². The van der Waals surface area contributed by atoms with Crippen LogP contribution in [0.4, 0.5) is 0 Å². The van der Waals surface area contributed by atoms with Crippen LogP contribution in [0.1, 0.15) is 26.2 Å². The van der Waals surface area contributed by atoms with Crippen LogP contribution in [0.15, 0.2) is 0 Å². The summed E-state index contributed by atoms with van der Waals surface area (Å²) in [6, 6.07) is 0. The number of rotatable bonds is 3. The van der Waals surface area contributed by atoms with E-state index in [1.807, 2.05) is 6.92 Å².